The molecule has 5 rings (SSSR count). The third-order valence-corrected chi connectivity index (χ3v) is 5.78. The molecule has 0 saturated heterocycles. The van der Waals surface area contributed by atoms with Gasteiger partial charge in [-0.25, -0.2) is 13.9 Å². The van der Waals surface area contributed by atoms with E-state index in [2.05, 4.69) is 30.7 Å². The van der Waals surface area contributed by atoms with Gasteiger partial charge >= 0.3 is 11.8 Å². The molecule has 190 valence electrons. The Hall–Kier alpha value is -4.61. The molecule has 0 aliphatic heterocycles. The van der Waals surface area contributed by atoms with Crippen LogP contribution in [0.15, 0.2) is 47.5 Å². The van der Waals surface area contributed by atoms with Gasteiger partial charge in [-0.15, -0.1) is 10.2 Å². The molecule has 0 saturated carbocycles. The lowest BCUT2D eigenvalue weighted by Gasteiger charge is -2.13. The first-order chi connectivity index (χ1) is 17.7. The summed E-state index contributed by atoms with van der Waals surface area (Å²) in [5.41, 5.74) is 3.08. The number of carbonyl (C=O) groups is 1. The number of ether oxygens (including phenoxy) is 1. The molecule has 0 fully saturated rings. The van der Waals surface area contributed by atoms with Crippen molar-refractivity contribution in [2.75, 3.05) is 7.11 Å². The highest BCUT2D eigenvalue weighted by atomic mass is 19.1. The highest BCUT2D eigenvalue weighted by molar-refractivity contribution is 5.89. The summed E-state index contributed by atoms with van der Waals surface area (Å²) in [7, 11) is 3.20. The Bertz CT molecular complexity index is 1610. The minimum Gasteiger partial charge on any atom is -0.493 e. The van der Waals surface area contributed by atoms with Gasteiger partial charge in [0.1, 0.15) is 12.0 Å². The number of fused-ring (bicyclic) bond motifs is 1. The average molecular weight is 505 g/mol. The second-order valence-electron chi connectivity index (χ2n) is 9.53. The third-order valence-electron chi connectivity index (χ3n) is 5.78. The minimum absolute atomic E-state index is 0.00508. The molecule has 11 nitrogen and oxygen atoms in total. The lowest BCUT2D eigenvalue weighted by molar-refractivity contribution is 0.0912. The number of carbonyl (C=O) groups excluding carboxylic acids is 1. The van der Waals surface area contributed by atoms with Gasteiger partial charge in [-0.3, -0.25) is 9.48 Å². The van der Waals surface area contributed by atoms with Crippen molar-refractivity contribution in [1.82, 2.24) is 39.9 Å². The van der Waals surface area contributed by atoms with Gasteiger partial charge in [0, 0.05) is 53.7 Å². The maximum atomic E-state index is 15.7. The molecule has 1 N–H and O–H groups in total. The van der Waals surface area contributed by atoms with Crippen molar-refractivity contribution >= 4 is 11.4 Å². The fraction of sp³-hybridized carbons (Fsp3) is 0.280. The Morgan fingerprint density at radius 2 is 1.97 bits per heavy atom. The standard InChI is InChI=1S/C25H25FN8O3/c1-25(2,3)24-32-31-23(37-24)22(35)27-9-14-6-7-17(19(26)21(14)36-5)20-18-8-15(12-34(18)30-13-28-20)16-10-29-33(4)11-16/h6-8,10-13H,9H2,1-5H3,(H,27,35). The number of hydrogen-bond donors (Lipinski definition) is 1. The first-order valence-corrected chi connectivity index (χ1v) is 11.5. The molecule has 1 amide bonds. The van der Waals surface area contributed by atoms with Gasteiger partial charge in [0.15, 0.2) is 11.6 Å². The van der Waals surface area contributed by atoms with E-state index in [1.165, 1.54) is 13.4 Å². The highest BCUT2D eigenvalue weighted by Crippen LogP contribution is 2.34. The summed E-state index contributed by atoms with van der Waals surface area (Å²) >= 11 is 0. The van der Waals surface area contributed by atoms with Gasteiger partial charge in [0.25, 0.3) is 0 Å². The Morgan fingerprint density at radius 3 is 2.65 bits per heavy atom. The van der Waals surface area contributed by atoms with Crippen molar-refractivity contribution in [2.24, 2.45) is 7.05 Å². The van der Waals surface area contributed by atoms with Crippen LogP contribution in [-0.2, 0) is 19.0 Å². The maximum Gasteiger partial charge on any atom is 0.309 e. The SMILES string of the molecule is COc1c(CNC(=O)c2nnc(C(C)(C)C)o2)ccc(-c2ncnn3cc(-c4cnn(C)c4)cc23)c1F. The molecular weight excluding hydrogens is 479 g/mol. The van der Waals surface area contributed by atoms with E-state index in [1.807, 2.05) is 46.3 Å². The molecule has 4 aromatic heterocycles. The number of amides is 1. The number of methoxy groups -OCH3 is 1. The second-order valence-corrected chi connectivity index (χ2v) is 9.53. The van der Waals surface area contributed by atoms with Crippen LogP contribution in [0.5, 0.6) is 5.75 Å². The summed E-state index contributed by atoms with van der Waals surface area (Å²) < 4.78 is 29.9. The molecule has 12 heteroatoms. The first kappa shape index (κ1) is 24.1. The molecule has 0 atom stereocenters. The van der Waals surface area contributed by atoms with Crippen LogP contribution in [-0.4, -0.2) is 47.6 Å². The number of nitrogens with one attached hydrogen (secondary N) is 1. The minimum atomic E-state index is -0.605. The molecule has 0 bridgehead atoms. The summed E-state index contributed by atoms with van der Waals surface area (Å²) in [6.07, 6.45) is 6.82. The Kier molecular flexibility index (Phi) is 5.94. The van der Waals surface area contributed by atoms with E-state index in [1.54, 1.807) is 27.5 Å². The van der Waals surface area contributed by atoms with Gasteiger partial charge in [0.2, 0.25) is 5.89 Å². The van der Waals surface area contributed by atoms with Crippen molar-refractivity contribution in [3.05, 3.63) is 66.3 Å². The molecule has 0 radical (unpaired) electrons. The predicted octanol–water partition coefficient (Wildman–Crippen LogP) is 3.56. The van der Waals surface area contributed by atoms with Crippen molar-refractivity contribution in [1.29, 1.82) is 0 Å². The molecular formula is C25H25FN8O3. The van der Waals surface area contributed by atoms with Crippen LogP contribution in [0, 0.1) is 5.82 Å². The monoisotopic (exact) mass is 504 g/mol. The van der Waals surface area contributed by atoms with E-state index < -0.39 is 17.1 Å². The molecule has 5 aromatic rings. The van der Waals surface area contributed by atoms with Crippen LogP contribution in [0.3, 0.4) is 0 Å². The summed E-state index contributed by atoms with van der Waals surface area (Å²) in [6, 6.07) is 5.15. The Balaban J connectivity index is 1.43. The predicted molar refractivity (Wildman–Crippen MR) is 131 cm³/mol. The number of benzene rings is 1. The zero-order valence-corrected chi connectivity index (χ0v) is 21.0. The first-order valence-electron chi connectivity index (χ1n) is 11.5. The number of rotatable bonds is 6. The van der Waals surface area contributed by atoms with Crippen LogP contribution < -0.4 is 10.1 Å². The summed E-state index contributed by atoms with van der Waals surface area (Å²) in [5.74, 6) is -0.995. The average Bonchev–Trinajstić information content (AvgIpc) is 3.61. The van der Waals surface area contributed by atoms with Crippen molar-refractivity contribution in [3.8, 4) is 28.1 Å². The maximum absolute atomic E-state index is 15.7. The molecule has 0 aliphatic rings. The van der Waals surface area contributed by atoms with Crippen molar-refractivity contribution in [2.45, 2.75) is 32.7 Å². The summed E-state index contributed by atoms with van der Waals surface area (Å²) in [6.45, 7) is 5.69. The fourth-order valence-electron chi connectivity index (χ4n) is 3.87. The van der Waals surface area contributed by atoms with Crippen LogP contribution in [0.4, 0.5) is 4.39 Å². The highest BCUT2D eigenvalue weighted by Gasteiger charge is 2.25. The largest absolute Gasteiger partial charge is 0.493 e. The summed E-state index contributed by atoms with van der Waals surface area (Å²) in [5, 5.41) is 18.9. The van der Waals surface area contributed by atoms with Gasteiger partial charge in [-0.2, -0.15) is 10.2 Å². The molecule has 4 heterocycles. The Labute approximate surface area is 211 Å². The normalized spacial score (nSPS) is 11.7. The van der Waals surface area contributed by atoms with Gasteiger partial charge in [-0.1, -0.05) is 26.8 Å². The third kappa shape index (κ3) is 4.53. The molecule has 0 spiro atoms. The number of aryl methyl sites for hydroxylation is 1. The molecule has 0 unspecified atom stereocenters. The number of aromatic nitrogens is 7. The number of hydrogen-bond acceptors (Lipinski definition) is 8. The van der Waals surface area contributed by atoms with Crippen LogP contribution >= 0.6 is 0 Å². The van der Waals surface area contributed by atoms with Crippen LogP contribution in [0.2, 0.25) is 0 Å². The van der Waals surface area contributed by atoms with E-state index in [9.17, 15) is 4.79 Å². The van der Waals surface area contributed by atoms with E-state index in [0.717, 1.165) is 11.1 Å². The number of nitrogens with zero attached hydrogens (tertiary/aromatic N) is 7. The van der Waals surface area contributed by atoms with Gasteiger partial charge in [-0.05, 0) is 12.1 Å². The van der Waals surface area contributed by atoms with E-state index in [0.29, 0.717) is 22.7 Å². The summed E-state index contributed by atoms with van der Waals surface area (Å²) in [4.78, 5) is 16.9. The number of halogens is 1. The van der Waals surface area contributed by atoms with Gasteiger partial charge in [0.05, 0.1) is 18.8 Å². The second kappa shape index (κ2) is 9.12. The molecule has 37 heavy (non-hydrogen) atoms. The van der Waals surface area contributed by atoms with E-state index >= 15 is 4.39 Å². The smallest absolute Gasteiger partial charge is 0.309 e. The van der Waals surface area contributed by atoms with Crippen molar-refractivity contribution < 1.29 is 18.3 Å². The topological polar surface area (TPSA) is 125 Å². The quantitative estimate of drug-likeness (QED) is 0.372. The van der Waals surface area contributed by atoms with Gasteiger partial charge < -0.3 is 14.5 Å². The van der Waals surface area contributed by atoms with E-state index in [-0.39, 0.29) is 23.7 Å². The fourth-order valence-corrected chi connectivity index (χ4v) is 3.87. The van der Waals surface area contributed by atoms with Crippen LogP contribution in [0.25, 0.3) is 27.9 Å². The Morgan fingerprint density at radius 1 is 1.16 bits per heavy atom. The lowest BCUT2D eigenvalue weighted by Crippen LogP contribution is -2.23. The molecule has 0 aliphatic carbocycles. The van der Waals surface area contributed by atoms with E-state index in [4.69, 9.17) is 9.15 Å². The van der Waals surface area contributed by atoms with Crippen LogP contribution in [0.1, 0.15) is 42.9 Å². The zero-order chi connectivity index (χ0) is 26.3. The lowest BCUT2D eigenvalue weighted by atomic mass is 9.97. The molecule has 1 aromatic carbocycles. The zero-order valence-electron chi connectivity index (χ0n) is 21.0. The van der Waals surface area contributed by atoms with Crippen molar-refractivity contribution in [3.63, 3.8) is 0 Å².